The van der Waals surface area contributed by atoms with Gasteiger partial charge in [0.15, 0.2) is 11.5 Å². The minimum atomic E-state index is -3.92. The number of fused-ring (bicyclic) bond motifs is 1. The molecule has 1 aliphatic rings. The van der Waals surface area contributed by atoms with Crippen LogP contribution in [0.3, 0.4) is 0 Å². The molecule has 10 heteroatoms. The van der Waals surface area contributed by atoms with Gasteiger partial charge in [0.2, 0.25) is 28.6 Å². The summed E-state index contributed by atoms with van der Waals surface area (Å²) >= 11 is 0. The van der Waals surface area contributed by atoms with Crippen molar-refractivity contribution in [1.82, 2.24) is 10.0 Å². The van der Waals surface area contributed by atoms with Crippen LogP contribution in [0.4, 0.5) is 5.69 Å². The SMILES string of the molecule is CC(=O)Nc1ccc(S(=O)(=O)N[C@@H](C)C(=O)NC(C)c2ccc3c(c2)OCO3)cc1. The van der Waals surface area contributed by atoms with Crippen LogP contribution in [-0.4, -0.2) is 33.1 Å². The summed E-state index contributed by atoms with van der Waals surface area (Å²) in [6.07, 6.45) is 0. The van der Waals surface area contributed by atoms with Gasteiger partial charge in [-0.2, -0.15) is 4.72 Å². The molecule has 0 fully saturated rings. The summed E-state index contributed by atoms with van der Waals surface area (Å²) in [7, 11) is -3.92. The molecule has 0 spiro atoms. The lowest BCUT2D eigenvalue weighted by Crippen LogP contribution is -2.45. The molecule has 1 heterocycles. The summed E-state index contributed by atoms with van der Waals surface area (Å²) in [5.41, 5.74) is 1.28. The number of hydrogen-bond acceptors (Lipinski definition) is 6. The number of carbonyl (C=O) groups is 2. The van der Waals surface area contributed by atoms with Crippen LogP contribution in [0.5, 0.6) is 11.5 Å². The van der Waals surface area contributed by atoms with Gasteiger partial charge in [0.25, 0.3) is 0 Å². The lowest BCUT2D eigenvalue weighted by Gasteiger charge is -2.19. The molecule has 30 heavy (non-hydrogen) atoms. The highest BCUT2D eigenvalue weighted by Gasteiger charge is 2.24. The van der Waals surface area contributed by atoms with Crippen molar-refractivity contribution in [3.8, 4) is 11.5 Å². The largest absolute Gasteiger partial charge is 0.454 e. The molecule has 2 atom stereocenters. The molecule has 0 radical (unpaired) electrons. The van der Waals surface area contributed by atoms with Crippen molar-refractivity contribution in [2.75, 3.05) is 12.1 Å². The third kappa shape index (κ3) is 5.08. The van der Waals surface area contributed by atoms with E-state index in [-0.39, 0.29) is 23.6 Å². The molecule has 1 unspecified atom stereocenters. The minimum absolute atomic E-state index is 0.0138. The lowest BCUT2D eigenvalue weighted by molar-refractivity contribution is -0.123. The summed E-state index contributed by atoms with van der Waals surface area (Å²) < 4.78 is 38.1. The molecule has 0 aliphatic carbocycles. The van der Waals surface area contributed by atoms with Crippen molar-refractivity contribution in [2.24, 2.45) is 0 Å². The molecule has 0 saturated carbocycles. The molecule has 9 nitrogen and oxygen atoms in total. The third-order valence-electron chi connectivity index (χ3n) is 4.47. The second-order valence-corrected chi connectivity index (χ2v) is 8.61. The summed E-state index contributed by atoms with van der Waals surface area (Å²) in [5, 5.41) is 5.34. The maximum absolute atomic E-state index is 12.6. The average Bonchev–Trinajstić information content (AvgIpc) is 3.15. The average molecular weight is 433 g/mol. The number of amides is 2. The van der Waals surface area contributed by atoms with Crippen LogP contribution >= 0.6 is 0 Å². The molecule has 3 rings (SSSR count). The van der Waals surface area contributed by atoms with E-state index in [0.717, 1.165) is 5.56 Å². The van der Waals surface area contributed by atoms with Gasteiger partial charge in [0.05, 0.1) is 17.0 Å². The Bertz CT molecular complexity index is 1050. The topological polar surface area (TPSA) is 123 Å². The zero-order chi connectivity index (χ0) is 21.9. The Morgan fingerprint density at radius 1 is 1.00 bits per heavy atom. The smallest absolute Gasteiger partial charge is 0.241 e. The van der Waals surface area contributed by atoms with Crippen LogP contribution in [-0.2, 0) is 19.6 Å². The standard InChI is InChI=1S/C20H23N3O6S/c1-12(15-4-9-18-19(10-15)29-11-28-18)21-20(25)13(2)23-30(26,27)17-7-5-16(6-8-17)22-14(3)24/h4-10,12-13,23H,11H2,1-3H3,(H,21,25)(H,22,24)/t12?,13-/m0/s1. The van der Waals surface area contributed by atoms with Crippen LogP contribution < -0.4 is 24.8 Å². The molecule has 2 aromatic rings. The third-order valence-corrected chi connectivity index (χ3v) is 6.02. The van der Waals surface area contributed by atoms with Crippen molar-refractivity contribution < 1.29 is 27.5 Å². The molecule has 1 aliphatic heterocycles. The molecule has 0 bridgehead atoms. The van der Waals surface area contributed by atoms with Gasteiger partial charge in [-0.15, -0.1) is 0 Å². The Labute approximate surface area is 174 Å². The Morgan fingerprint density at radius 3 is 2.33 bits per heavy atom. The first-order valence-electron chi connectivity index (χ1n) is 9.25. The number of carbonyl (C=O) groups excluding carboxylic acids is 2. The monoisotopic (exact) mass is 433 g/mol. The first-order valence-corrected chi connectivity index (χ1v) is 10.7. The fourth-order valence-electron chi connectivity index (χ4n) is 2.88. The van der Waals surface area contributed by atoms with Crippen LogP contribution in [0.1, 0.15) is 32.4 Å². The molecule has 0 aromatic heterocycles. The maximum atomic E-state index is 12.6. The van der Waals surface area contributed by atoms with Crippen LogP contribution in [0, 0.1) is 0 Å². The van der Waals surface area contributed by atoms with E-state index in [1.54, 1.807) is 19.1 Å². The number of anilines is 1. The second-order valence-electron chi connectivity index (χ2n) is 6.89. The van der Waals surface area contributed by atoms with E-state index in [2.05, 4.69) is 15.4 Å². The van der Waals surface area contributed by atoms with E-state index in [1.807, 2.05) is 6.07 Å². The Balaban J connectivity index is 1.62. The fourth-order valence-corrected chi connectivity index (χ4v) is 4.08. The highest BCUT2D eigenvalue weighted by atomic mass is 32.2. The molecular formula is C20H23N3O6S. The van der Waals surface area contributed by atoms with Crippen molar-refractivity contribution in [1.29, 1.82) is 0 Å². The summed E-state index contributed by atoms with van der Waals surface area (Å²) in [5.74, 6) is 0.511. The highest BCUT2D eigenvalue weighted by molar-refractivity contribution is 7.89. The lowest BCUT2D eigenvalue weighted by atomic mass is 10.1. The van der Waals surface area contributed by atoms with Gasteiger partial charge in [-0.05, 0) is 55.8 Å². The van der Waals surface area contributed by atoms with E-state index in [4.69, 9.17) is 9.47 Å². The predicted molar refractivity (Wildman–Crippen MR) is 110 cm³/mol. The Hall–Kier alpha value is -3.11. The van der Waals surface area contributed by atoms with E-state index in [0.29, 0.717) is 17.2 Å². The van der Waals surface area contributed by atoms with Crippen molar-refractivity contribution in [3.63, 3.8) is 0 Å². The summed E-state index contributed by atoms with van der Waals surface area (Å²) in [6, 6.07) is 9.64. The predicted octanol–water partition coefficient (Wildman–Crippen LogP) is 1.92. The van der Waals surface area contributed by atoms with Crippen LogP contribution in [0.2, 0.25) is 0 Å². The number of benzene rings is 2. The molecule has 160 valence electrons. The van der Waals surface area contributed by atoms with E-state index >= 15 is 0 Å². The van der Waals surface area contributed by atoms with Crippen molar-refractivity contribution in [3.05, 3.63) is 48.0 Å². The van der Waals surface area contributed by atoms with Gasteiger partial charge in [0, 0.05) is 12.6 Å². The Kier molecular flexibility index (Phi) is 6.28. The van der Waals surface area contributed by atoms with Crippen molar-refractivity contribution >= 4 is 27.5 Å². The Morgan fingerprint density at radius 2 is 1.67 bits per heavy atom. The van der Waals surface area contributed by atoms with Crippen LogP contribution in [0.15, 0.2) is 47.4 Å². The van der Waals surface area contributed by atoms with Gasteiger partial charge in [-0.1, -0.05) is 6.07 Å². The summed E-state index contributed by atoms with van der Waals surface area (Å²) in [6.45, 7) is 4.77. The normalized spacial score (nSPS) is 14.6. The van der Waals surface area contributed by atoms with Gasteiger partial charge < -0.3 is 20.1 Å². The number of sulfonamides is 1. The van der Waals surface area contributed by atoms with Gasteiger partial charge >= 0.3 is 0 Å². The number of hydrogen-bond donors (Lipinski definition) is 3. The van der Waals surface area contributed by atoms with Crippen molar-refractivity contribution in [2.45, 2.75) is 37.8 Å². The van der Waals surface area contributed by atoms with Gasteiger partial charge in [-0.3, -0.25) is 9.59 Å². The minimum Gasteiger partial charge on any atom is -0.454 e. The quantitative estimate of drug-likeness (QED) is 0.613. The first kappa shape index (κ1) is 21.6. The van der Waals surface area contributed by atoms with E-state index in [1.165, 1.54) is 38.1 Å². The van der Waals surface area contributed by atoms with Gasteiger partial charge in [-0.25, -0.2) is 8.42 Å². The number of nitrogens with one attached hydrogen (secondary N) is 3. The maximum Gasteiger partial charge on any atom is 0.241 e. The van der Waals surface area contributed by atoms with Gasteiger partial charge in [0.1, 0.15) is 0 Å². The van der Waals surface area contributed by atoms with E-state index < -0.39 is 22.0 Å². The molecule has 0 saturated heterocycles. The van der Waals surface area contributed by atoms with E-state index in [9.17, 15) is 18.0 Å². The van der Waals surface area contributed by atoms with Crippen LogP contribution in [0.25, 0.3) is 0 Å². The molecular weight excluding hydrogens is 410 g/mol. The number of ether oxygens (including phenoxy) is 2. The highest BCUT2D eigenvalue weighted by Crippen LogP contribution is 2.34. The molecule has 2 amide bonds. The number of rotatable bonds is 7. The zero-order valence-corrected chi connectivity index (χ0v) is 17.6. The summed E-state index contributed by atoms with van der Waals surface area (Å²) in [4.78, 5) is 23.6. The fraction of sp³-hybridized carbons (Fsp3) is 0.300. The second kappa shape index (κ2) is 8.72. The molecule has 2 aromatic carbocycles. The molecule has 3 N–H and O–H groups in total. The first-order chi connectivity index (χ1) is 14.2. The zero-order valence-electron chi connectivity index (χ0n) is 16.8.